The van der Waals surface area contributed by atoms with Crippen molar-refractivity contribution in [3.05, 3.63) is 22.6 Å². The maximum Gasteiger partial charge on any atom is 0.226 e. The van der Waals surface area contributed by atoms with Crippen molar-refractivity contribution in [2.75, 3.05) is 32.4 Å². The predicted molar refractivity (Wildman–Crippen MR) is 87.7 cm³/mol. The molecule has 3 N–H and O–H groups in total. The van der Waals surface area contributed by atoms with E-state index in [-0.39, 0.29) is 11.8 Å². The van der Waals surface area contributed by atoms with Gasteiger partial charge in [0.1, 0.15) is 5.82 Å². The number of hydrogen-bond acceptors (Lipinski definition) is 7. The van der Waals surface area contributed by atoms with E-state index in [1.807, 2.05) is 6.07 Å². The zero-order valence-electron chi connectivity index (χ0n) is 13.0. The summed E-state index contributed by atoms with van der Waals surface area (Å²) in [5.74, 6) is 1.83. The highest BCUT2D eigenvalue weighted by Crippen LogP contribution is 2.49. The quantitative estimate of drug-likeness (QED) is 0.889. The first-order valence-electron chi connectivity index (χ1n) is 6.94. The molecule has 0 saturated carbocycles. The van der Waals surface area contributed by atoms with Crippen LogP contribution in [-0.2, 0) is 4.79 Å². The van der Waals surface area contributed by atoms with Crippen LogP contribution in [0.2, 0.25) is 0 Å². The highest BCUT2D eigenvalue weighted by molar-refractivity contribution is 7.16. The lowest BCUT2D eigenvalue weighted by molar-refractivity contribution is -0.116. The van der Waals surface area contributed by atoms with E-state index in [0.29, 0.717) is 34.6 Å². The van der Waals surface area contributed by atoms with Crippen LogP contribution >= 0.6 is 11.3 Å². The topological polar surface area (TPSA) is 95.7 Å². The number of nitrogens with one attached hydrogen (secondary N) is 1. The molecule has 0 radical (unpaired) electrons. The maximum absolute atomic E-state index is 12.0. The Labute approximate surface area is 137 Å². The van der Waals surface area contributed by atoms with Gasteiger partial charge in [-0.15, -0.1) is 0 Å². The van der Waals surface area contributed by atoms with Crippen LogP contribution in [0.25, 0.3) is 0 Å². The first kappa shape index (κ1) is 15.4. The number of anilines is 2. The number of methoxy groups -OCH3 is 3. The van der Waals surface area contributed by atoms with Crippen LogP contribution in [0.4, 0.5) is 10.9 Å². The van der Waals surface area contributed by atoms with E-state index < -0.39 is 0 Å². The summed E-state index contributed by atoms with van der Waals surface area (Å²) in [5, 5.41) is 3.17. The minimum atomic E-state index is -0.191. The van der Waals surface area contributed by atoms with Gasteiger partial charge in [-0.3, -0.25) is 4.79 Å². The number of amides is 1. The molecule has 8 heteroatoms. The molecule has 2 aromatic rings. The van der Waals surface area contributed by atoms with Crippen molar-refractivity contribution in [2.24, 2.45) is 0 Å². The minimum absolute atomic E-state index is 0.107. The number of nitrogens with zero attached hydrogens (tertiary/aromatic N) is 1. The van der Waals surface area contributed by atoms with Crippen LogP contribution in [0.5, 0.6) is 17.2 Å². The first-order valence-corrected chi connectivity index (χ1v) is 7.75. The van der Waals surface area contributed by atoms with Crippen LogP contribution in [0.1, 0.15) is 22.8 Å². The zero-order valence-corrected chi connectivity index (χ0v) is 13.8. The van der Waals surface area contributed by atoms with Gasteiger partial charge in [-0.25, -0.2) is 4.98 Å². The van der Waals surface area contributed by atoms with Crippen LogP contribution < -0.4 is 25.3 Å². The summed E-state index contributed by atoms with van der Waals surface area (Å²) in [6.45, 7) is 0. The average molecular weight is 335 g/mol. The number of ether oxygens (including phenoxy) is 3. The number of hydrogen-bond donors (Lipinski definition) is 2. The molecule has 122 valence electrons. The Hall–Kier alpha value is -2.48. The van der Waals surface area contributed by atoms with Crippen molar-refractivity contribution < 1.29 is 19.0 Å². The van der Waals surface area contributed by atoms with Crippen molar-refractivity contribution in [2.45, 2.75) is 12.3 Å². The van der Waals surface area contributed by atoms with E-state index in [9.17, 15) is 4.79 Å². The Balaban J connectivity index is 2.17. The molecule has 1 aliphatic rings. The van der Waals surface area contributed by atoms with E-state index in [2.05, 4.69) is 10.3 Å². The molecule has 3 rings (SSSR count). The Bertz CT molecular complexity index is 759. The highest BCUT2D eigenvalue weighted by Gasteiger charge is 2.33. The molecular formula is C15H17N3O4S. The summed E-state index contributed by atoms with van der Waals surface area (Å²) in [6, 6.07) is 3.68. The fraction of sp³-hybridized carbons (Fsp3) is 0.333. The van der Waals surface area contributed by atoms with Gasteiger partial charge < -0.3 is 25.3 Å². The van der Waals surface area contributed by atoms with Crippen LogP contribution in [0.15, 0.2) is 12.1 Å². The van der Waals surface area contributed by atoms with Gasteiger partial charge in [0, 0.05) is 17.9 Å². The third-order valence-corrected chi connectivity index (χ3v) is 4.74. The van der Waals surface area contributed by atoms with Gasteiger partial charge in [-0.1, -0.05) is 17.4 Å². The highest BCUT2D eigenvalue weighted by atomic mass is 32.1. The van der Waals surface area contributed by atoms with Crippen molar-refractivity contribution >= 4 is 28.2 Å². The molecule has 1 aromatic heterocycles. The second-order valence-corrected chi connectivity index (χ2v) is 6.06. The van der Waals surface area contributed by atoms with E-state index >= 15 is 0 Å². The van der Waals surface area contributed by atoms with Gasteiger partial charge in [-0.05, 0) is 6.07 Å². The van der Waals surface area contributed by atoms with Crippen molar-refractivity contribution in [1.82, 2.24) is 4.98 Å². The third kappa shape index (κ3) is 2.55. The molecule has 1 aliphatic heterocycles. The molecule has 7 nitrogen and oxygen atoms in total. The Kier molecular flexibility index (Phi) is 3.99. The van der Waals surface area contributed by atoms with Crippen LogP contribution in [-0.4, -0.2) is 32.2 Å². The number of carbonyl (C=O) groups is 1. The van der Waals surface area contributed by atoms with Gasteiger partial charge in [0.15, 0.2) is 16.6 Å². The van der Waals surface area contributed by atoms with Crippen molar-refractivity contribution in [3.8, 4) is 17.2 Å². The largest absolute Gasteiger partial charge is 0.493 e. The SMILES string of the molecule is COc1ccc([C@@H]2CC(=O)Nc3nc(N)sc32)c(OC)c1OC. The number of thiazole rings is 1. The zero-order chi connectivity index (χ0) is 16.6. The summed E-state index contributed by atoms with van der Waals surface area (Å²) in [4.78, 5) is 17.1. The molecule has 1 atom stereocenters. The fourth-order valence-corrected chi connectivity index (χ4v) is 3.69. The molecular weight excluding hydrogens is 318 g/mol. The molecule has 1 aromatic carbocycles. The van der Waals surface area contributed by atoms with Crippen molar-refractivity contribution in [1.29, 1.82) is 0 Å². The summed E-state index contributed by atoms with van der Waals surface area (Å²) < 4.78 is 16.3. The number of rotatable bonds is 4. The number of fused-ring (bicyclic) bond motifs is 1. The molecule has 0 bridgehead atoms. The third-order valence-electron chi connectivity index (χ3n) is 3.74. The lowest BCUT2D eigenvalue weighted by Crippen LogP contribution is -2.23. The summed E-state index contributed by atoms with van der Waals surface area (Å²) in [6.07, 6.45) is 0.292. The number of carbonyl (C=O) groups excluding carboxylic acids is 1. The number of aromatic nitrogens is 1. The maximum atomic E-state index is 12.0. The first-order chi connectivity index (χ1) is 11.1. The average Bonchev–Trinajstić information content (AvgIpc) is 2.92. The van der Waals surface area contributed by atoms with Crippen LogP contribution in [0, 0.1) is 0 Å². The summed E-state index contributed by atoms with van der Waals surface area (Å²) in [5.41, 5.74) is 6.63. The van der Waals surface area contributed by atoms with E-state index in [4.69, 9.17) is 19.9 Å². The summed E-state index contributed by atoms with van der Waals surface area (Å²) in [7, 11) is 4.67. The lowest BCUT2D eigenvalue weighted by atomic mass is 9.90. The monoisotopic (exact) mass is 335 g/mol. The number of benzene rings is 1. The Morgan fingerprint density at radius 2 is 1.96 bits per heavy atom. The fourth-order valence-electron chi connectivity index (χ4n) is 2.79. The molecule has 0 aliphatic carbocycles. The standard InChI is InChI=1S/C15H17N3O4S/c1-20-9-5-4-7(11(21-2)12(9)22-3)8-6-10(19)17-14-13(8)23-15(16)18-14/h4-5,8H,6H2,1-3H3,(H2,16,18)(H,17,19)/t8-/m0/s1. The molecule has 2 heterocycles. The smallest absolute Gasteiger partial charge is 0.226 e. The van der Waals surface area contributed by atoms with Gasteiger partial charge in [0.2, 0.25) is 11.7 Å². The second kappa shape index (κ2) is 5.96. The molecule has 0 unspecified atom stereocenters. The van der Waals surface area contributed by atoms with Crippen molar-refractivity contribution in [3.63, 3.8) is 0 Å². The normalized spacial score (nSPS) is 16.5. The van der Waals surface area contributed by atoms with E-state index in [1.165, 1.54) is 11.3 Å². The molecule has 1 amide bonds. The second-order valence-electron chi connectivity index (χ2n) is 4.99. The Morgan fingerprint density at radius 3 is 2.61 bits per heavy atom. The number of nitrogens with two attached hydrogens (primary N) is 1. The van der Waals surface area contributed by atoms with Gasteiger partial charge in [-0.2, -0.15) is 0 Å². The molecule has 23 heavy (non-hydrogen) atoms. The molecule has 0 spiro atoms. The lowest BCUT2D eigenvalue weighted by Gasteiger charge is -2.24. The van der Waals surface area contributed by atoms with E-state index in [1.54, 1.807) is 27.4 Å². The predicted octanol–water partition coefficient (Wildman–Crippen LogP) is 2.23. The van der Waals surface area contributed by atoms with Crippen LogP contribution in [0.3, 0.4) is 0 Å². The Morgan fingerprint density at radius 1 is 1.22 bits per heavy atom. The summed E-state index contributed by atoms with van der Waals surface area (Å²) >= 11 is 1.36. The number of nitrogen functional groups attached to an aromatic ring is 1. The van der Waals surface area contributed by atoms with Gasteiger partial charge >= 0.3 is 0 Å². The van der Waals surface area contributed by atoms with Gasteiger partial charge in [0.25, 0.3) is 0 Å². The molecule has 0 saturated heterocycles. The van der Waals surface area contributed by atoms with Gasteiger partial charge in [0.05, 0.1) is 26.2 Å². The molecule has 0 fully saturated rings. The minimum Gasteiger partial charge on any atom is -0.493 e. The van der Waals surface area contributed by atoms with E-state index in [0.717, 1.165) is 10.4 Å².